The molecule has 2 amide bonds. The second-order valence-corrected chi connectivity index (χ2v) is 9.28. The minimum absolute atomic E-state index is 0.0928. The SMILES string of the molecule is COc1cccc2c1CCC(C(=O)N[C@@H](CO)C(=O)N[C@@H](CC(C)C)C(=O)[C@@]1(CO)CO1)C2. The van der Waals surface area contributed by atoms with E-state index in [0.717, 1.165) is 16.9 Å². The number of Topliss-reactive ketones (excluding diaryl/α,β-unsaturated/α-hetero) is 1. The second kappa shape index (κ2) is 10.6. The van der Waals surface area contributed by atoms with Gasteiger partial charge in [0.1, 0.15) is 11.8 Å². The largest absolute Gasteiger partial charge is 0.496 e. The molecule has 0 aromatic heterocycles. The van der Waals surface area contributed by atoms with Gasteiger partial charge in [-0.15, -0.1) is 0 Å². The number of rotatable bonds is 11. The molecular formula is C24H34N2O7. The molecule has 2 aliphatic rings. The monoisotopic (exact) mass is 462 g/mol. The van der Waals surface area contributed by atoms with Crippen LogP contribution in [0.25, 0.3) is 0 Å². The number of amides is 2. The maximum Gasteiger partial charge on any atom is 0.245 e. The van der Waals surface area contributed by atoms with Gasteiger partial charge in [-0.25, -0.2) is 0 Å². The molecule has 1 unspecified atom stereocenters. The molecule has 3 rings (SSSR count). The van der Waals surface area contributed by atoms with E-state index in [2.05, 4.69) is 10.6 Å². The third kappa shape index (κ3) is 5.72. The van der Waals surface area contributed by atoms with E-state index >= 15 is 0 Å². The van der Waals surface area contributed by atoms with E-state index in [9.17, 15) is 24.6 Å². The van der Waals surface area contributed by atoms with Crippen molar-refractivity contribution in [1.82, 2.24) is 10.6 Å². The van der Waals surface area contributed by atoms with Gasteiger partial charge in [-0.1, -0.05) is 26.0 Å². The number of ketones is 1. The van der Waals surface area contributed by atoms with E-state index in [-0.39, 0.29) is 24.3 Å². The highest BCUT2D eigenvalue weighted by atomic mass is 16.6. The molecule has 4 atom stereocenters. The highest BCUT2D eigenvalue weighted by Crippen LogP contribution is 2.32. The summed E-state index contributed by atoms with van der Waals surface area (Å²) in [6.45, 7) is 2.88. The Balaban J connectivity index is 1.63. The molecule has 0 bridgehead atoms. The lowest BCUT2D eigenvalue weighted by Gasteiger charge is -2.28. The highest BCUT2D eigenvalue weighted by Gasteiger charge is 2.54. The van der Waals surface area contributed by atoms with Crippen molar-refractivity contribution < 1.29 is 34.1 Å². The van der Waals surface area contributed by atoms with E-state index < -0.39 is 42.6 Å². The molecule has 0 radical (unpaired) electrons. The van der Waals surface area contributed by atoms with Crippen LogP contribution < -0.4 is 15.4 Å². The van der Waals surface area contributed by atoms with Gasteiger partial charge in [-0.3, -0.25) is 14.4 Å². The smallest absolute Gasteiger partial charge is 0.245 e. The first kappa shape index (κ1) is 25.1. The lowest BCUT2D eigenvalue weighted by molar-refractivity contribution is -0.135. The number of epoxide rings is 1. The molecule has 4 N–H and O–H groups in total. The molecule has 9 nitrogen and oxygen atoms in total. The lowest BCUT2D eigenvalue weighted by Crippen LogP contribution is -2.56. The zero-order chi connectivity index (χ0) is 24.2. The Morgan fingerprint density at radius 1 is 1.21 bits per heavy atom. The molecule has 1 aromatic rings. The Hall–Kier alpha value is -2.49. The number of carbonyl (C=O) groups is 3. The van der Waals surface area contributed by atoms with Crippen LogP contribution >= 0.6 is 0 Å². The van der Waals surface area contributed by atoms with Crippen LogP contribution in [0.1, 0.15) is 37.8 Å². The van der Waals surface area contributed by atoms with Gasteiger partial charge >= 0.3 is 0 Å². The fourth-order valence-corrected chi connectivity index (χ4v) is 4.36. The predicted molar refractivity (Wildman–Crippen MR) is 120 cm³/mol. The van der Waals surface area contributed by atoms with Crippen molar-refractivity contribution in [3.63, 3.8) is 0 Å². The van der Waals surface area contributed by atoms with Gasteiger partial charge in [0.25, 0.3) is 0 Å². The normalized spacial score (nSPS) is 23.3. The van der Waals surface area contributed by atoms with E-state index in [1.54, 1.807) is 7.11 Å². The van der Waals surface area contributed by atoms with Gasteiger partial charge in [0.2, 0.25) is 11.8 Å². The Morgan fingerprint density at radius 3 is 2.52 bits per heavy atom. The zero-order valence-electron chi connectivity index (χ0n) is 19.4. The average molecular weight is 463 g/mol. The Bertz CT molecular complexity index is 882. The number of nitrogens with one attached hydrogen (secondary N) is 2. The molecule has 0 saturated carbocycles. The molecule has 1 heterocycles. The van der Waals surface area contributed by atoms with Gasteiger partial charge in [0.15, 0.2) is 11.4 Å². The van der Waals surface area contributed by atoms with Crippen LogP contribution in [-0.2, 0) is 32.0 Å². The summed E-state index contributed by atoms with van der Waals surface area (Å²) < 4.78 is 10.6. The summed E-state index contributed by atoms with van der Waals surface area (Å²) in [5, 5.41) is 24.6. The first-order chi connectivity index (χ1) is 15.7. The molecule has 33 heavy (non-hydrogen) atoms. The molecule has 1 saturated heterocycles. The van der Waals surface area contributed by atoms with Crippen molar-refractivity contribution in [2.45, 2.75) is 57.2 Å². The van der Waals surface area contributed by atoms with Gasteiger partial charge < -0.3 is 30.3 Å². The number of ether oxygens (including phenoxy) is 2. The minimum Gasteiger partial charge on any atom is -0.496 e. The number of carbonyl (C=O) groups excluding carboxylic acids is 3. The van der Waals surface area contributed by atoms with E-state index in [1.165, 1.54) is 0 Å². The minimum atomic E-state index is -1.26. The molecule has 9 heteroatoms. The number of benzene rings is 1. The first-order valence-corrected chi connectivity index (χ1v) is 11.4. The summed E-state index contributed by atoms with van der Waals surface area (Å²) >= 11 is 0. The maximum absolute atomic E-state index is 12.9. The third-order valence-corrected chi connectivity index (χ3v) is 6.38. The van der Waals surface area contributed by atoms with Crippen molar-refractivity contribution in [2.24, 2.45) is 11.8 Å². The van der Waals surface area contributed by atoms with Gasteiger partial charge in [0.05, 0.1) is 33.0 Å². The van der Waals surface area contributed by atoms with E-state index in [1.807, 2.05) is 32.0 Å². The van der Waals surface area contributed by atoms with Crippen LogP contribution in [0.2, 0.25) is 0 Å². The Labute approximate surface area is 193 Å². The first-order valence-electron chi connectivity index (χ1n) is 11.4. The molecule has 1 fully saturated rings. The zero-order valence-corrected chi connectivity index (χ0v) is 19.4. The molecule has 1 aliphatic carbocycles. The molecule has 1 aliphatic heterocycles. The third-order valence-electron chi connectivity index (χ3n) is 6.38. The molecule has 0 spiro atoms. The Morgan fingerprint density at radius 2 is 1.94 bits per heavy atom. The molecule has 182 valence electrons. The van der Waals surface area contributed by atoms with Crippen molar-refractivity contribution in [3.05, 3.63) is 29.3 Å². The van der Waals surface area contributed by atoms with E-state index in [0.29, 0.717) is 25.7 Å². The topological polar surface area (TPSA) is 137 Å². The maximum atomic E-state index is 12.9. The highest BCUT2D eigenvalue weighted by molar-refractivity contribution is 5.98. The summed E-state index contributed by atoms with van der Waals surface area (Å²) in [6.07, 6.45) is 2.15. The standard InChI is InChI=1S/C24H34N2O7/c1-14(2)9-18(21(29)24(12-28)13-33-24)25-23(31)19(11-27)26-22(30)16-7-8-17-15(10-16)5-4-6-20(17)32-3/h4-6,14,16,18-19,27-28H,7-13H2,1-3H3,(H,25,31)(H,26,30)/t16?,18-,19-,24+/m0/s1. The van der Waals surface area contributed by atoms with Crippen LogP contribution in [0.15, 0.2) is 18.2 Å². The summed E-state index contributed by atoms with van der Waals surface area (Å²) in [7, 11) is 1.62. The number of hydrogen-bond acceptors (Lipinski definition) is 7. The average Bonchev–Trinajstić information content (AvgIpc) is 3.61. The van der Waals surface area contributed by atoms with Crippen LogP contribution in [0.5, 0.6) is 5.75 Å². The quantitative estimate of drug-likeness (QED) is 0.343. The number of methoxy groups -OCH3 is 1. The van der Waals surface area contributed by atoms with Crippen LogP contribution in [-0.4, -0.2) is 72.4 Å². The molecule has 1 aromatic carbocycles. The lowest BCUT2D eigenvalue weighted by atomic mass is 9.83. The predicted octanol–water partition coefficient (Wildman–Crippen LogP) is 0.139. The second-order valence-electron chi connectivity index (χ2n) is 9.28. The Kier molecular flexibility index (Phi) is 8.10. The van der Waals surface area contributed by atoms with Crippen LogP contribution in [0, 0.1) is 11.8 Å². The summed E-state index contributed by atoms with van der Waals surface area (Å²) in [6, 6.07) is 3.68. The van der Waals surface area contributed by atoms with E-state index in [4.69, 9.17) is 9.47 Å². The number of hydrogen-bond donors (Lipinski definition) is 4. The van der Waals surface area contributed by atoms with Crippen LogP contribution in [0.3, 0.4) is 0 Å². The van der Waals surface area contributed by atoms with Gasteiger partial charge in [-0.2, -0.15) is 0 Å². The number of fused-ring (bicyclic) bond motifs is 1. The summed E-state index contributed by atoms with van der Waals surface area (Å²) in [5.41, 5.74) is 0.865. The number of aliphatic hydroxyl groups excluding tert-OH is 2. The number of aliphatic hydroxyl groups is 2. The van der Waals surface area contributed by atoms with Crippen molar-refractivity contribution in [1.29, 1.82) is 0 Å². The van der Waals surface area contributed by atoms with Gasteiger partial charge in [0, 0.05) is 5.92 Å². The van der Waals surface area contributed by atoms with Gasteiger partial charge in [-0.05, 0) is 48.8 Å². The fourth-order valence-electron chi connectivity index (χ4n) is 4.36. The van der Waals surface area contributed by atoms with Crippen molar-refractivity contribution in [2.75, 3.05) is 26.9 Å². The van der Waals surface area contributed by atoms with Crippen LogP contribution in [0.4, 0.5) is 0 Å². The summed E-state index contributed by atoms with van der Waals surface area (Å²) in [5.74, 6) is -0.793. The van der Waals surface area contributed by atoms with Crippen molar-refractivity contribution in [3.8, 4) is 5.75 Å². The fraction of sp³-hybridized carbons (Fsp3) is 0.625. The molecular weight excluding hydrogens is 428 g/mol. The van der Waals surface area contributed by atoms with Crippen molar-refractivity contribution >= 4 is 17.6 Å². The summed E-state index contributed by atoms with van der Waals surface area (Å²) in [4.78, 5) is 38.6.